The molecule has 5 rings (SSSR count). The van der Waals surface area contributed by atoms with Gasteiger partial charge in [-0.05, 0) is 74.2 Å². The summed E-state index contributed by atoms with van der Waals surface area (Å²) in [6, 6.07) is 21.6. The Morgan fingerprint density at radius 2 is 1.68 bits per heavy atom. The monoisotopic (exact) mass is 584 g/mol. The fourth-order valence-electron chi connectivity index (χ4n) is 5.72. The molecule has 1 unspecified atom stereocenters. The van der Waals surface area contributed by atoms with E-state index in [0.717, 1.165) is 68.7 Å². The lowest BCUT2D eigenvalue weighted by molar-refractivity contribution is -0.138. The quantitative estimate of drug-likeness (QED) is 0.369. The second-order valence-corrected chi connectivity index (χ2v) is 10.4. The summed E-state index contributed by atoms with van der Waals surface area (Å²) in [6.07, 6.45) is 6.79. The largest absolute Gasteiger partial charge is 0.497 e. The minimum absolute atomic E-state index is 0. The highest BCUT2D eigenvalue weighted by atomic mass is 35.5. The van der Waals surface area contributed by atoms with Gasteiger partial charge in [-0.25, -0.2) is 0 Å². The summed E-state index contributed by atoms with van der Waals surface area (Å²) in [7, 11) is 1.66. The highest BCUT2D eigenvalue weighted by Gasteiger charge is 2.47. The zero-order valence-corrected chi connectivity index (χ0v) is 24.5. The first kappa shape index (κ1) is 31.4. The van der Waals surface area contributed by atoms with Crippen molar-refractivity contribution in [2.45, 2.75) is 38.3 Å². The summed E-state index contributed by atoms with van der Waals surface area (Å²) in [6.45, 7) is 4.15. The number of hydrogen-bond acceptors (Lipinski definition) is 5. The number of carbonyl (C=O) groups is 2. The van der Waals surface area contributed by atoms with Gasteiger partial charge in [-0.2, -0.15) is 0 Å². The second-order valence-electron chi connectivity index (χ2n) is 10.4. The van der Waals surface area contributed by atoms with Gasteiger partial charge in [0.15, 0.2) is 0 Å². The maximum atomic E-state index is 13.5. The molecule has 40 heavy (non-hydrogen) atoms. The number of nitrogens with one attached hydrogen (secondary N) is 1. The smallest absolute Gasteiger partial charge is 0.253 e. The standard InChI is InChI=1S/C31H36N4O3.2ClH/c1-38-27-11-9-24(10-12-27)23-35-21-16-31(30(35)37)14-19-34(20-15-31)18-13-28(25-6-3-2-4-7-25)33-29(36)26-8-5-17-32-22-26;;/h2-12,17,22,28H,13-16,18-21,23H2,1H3,(H,33,36);2*1H. The van der Waals surface area contributed by atoms with Crippen molar-refractivity contribution in [3.8, 4) is 5.75 Å². The summed E-state index contributed by atoms with van der Waals surface area (Å²) in [5.74, 6) is 1.02. The predicted octanol–water partition coefficient (Wildman–Crippen LogP) is 5.31. The predicted molar refractivity (Wildman–Crippen MR) is 161 cm³/mol. The number of benzene rings is 2. The van der Waals surface area contributed by atoms with Gasteiger partial charge in [0, 0.05) is 32.0 Å². The number of carbonyl (C=O) groups excluding carboxylic acids is 2. The summed E-state index contributed by atoms with van der Waals surface area (Å²) in [4.78, 5) is 34.9. The van der Waals surface area contributed by atoms with Gasteiger partial charge in [-0.3, -0.25) is 14.6 Å². The molecule has 0 radical (unpaired) electrons. The fourth-order valence-corrected chi connectivity index (χ4v) is 5.72. The van der Waals surface area contributed by atoms with E-state index in [2.05, 4.69) is 27.3 Å². The van der Waals surface area contributed by atoms with Crippen LogP contribution < -0.4 is 10.1 Å². The van der Waals surface area contributed by atoms with Crippen molar-refractivity contribution in [2.24, 2.45) is 5.41 Å². The number of rotatable bonds is 9. The van der Waals surface area contributed by atoms with E-state index in [4.69, 9.17) is 4.74 Å². The minimum atomic E-state index is -0.226. The van der Waals surface area contributed by atoms with Crippen LogP contribution in [0.15, 0.2) is 79.1 Å². The summed E-state index contributed by atoms with van der Waals surface area (Å²) < 4.78 is 5.25. The van der Waals surface area contributed by atoms with Crippen molar-refractivity contribution < 1.29 is 14.3 Å². The number of likely N-dealkylation sites (tertiary alicyclic amines) is 2. The molecular formula is C31H38Cl2N4O3. The molecule has 9 heteroatoms. The number of hydrogen-bond donors (Lipinski definition) is 1. The first-order chi connectivity index (χ1) is 18.6. The molecule has 2 fully saturated rings. The van der Waals surface area contributed by atoms with Crippen molar-refractivity contribution in [2.75, 3.05) is 33.3 Å². The molecule has 1 spiro atoms. The maximum Gasteiger partial charge on any atom is 0.253 e. The molecule has 0 aliphatic carbocycles. The van der Waals surface area contributed by atoms with Crippen molar-refractivity contribution >= 4 is 36.6 Å². The lowest BCUT2D eigenvalue weighted by Crippen LogP contribution is -2.45. The number of piperidine rings is 1. The van der Waals surface area contributed by atoms with Crippen LogP contribution in [0.4, 0.5) is 0 Å². The van der Waals surface area contributed by atoms with Crippen LogP contribution in [0.5, 0.6) is 5.75 Å². The normalized spacial score (nSPS) is 17.0. The number of amides is 2. The van der Waals surface area contributed by atoms with Crippen molar-refractivity contribution in [1.29, 1.82) is 0 Å². The Balaban J connectivity index is 0.00000220. The number of aromatic nitrogens is 1. The SMILES string of the molecule is COc1ccc(CN2CCC3(CCN(CCC(NC(=O)c4cccnc4)c4ccccc4)CC3)C2=O)cc1.Cl.Cl. The molecular weight excluding hydrogens is 547 g/mol. The second kappa shape index (κ2) is 14.5. The molecule has 214 valence electrons. The van der Waals surface area contributed by atoms with E-state index in [1.807, 2.05) is 47.4 Å². The highest BCUT2D eigenvalue weighted by Crippen LogP contribution is 2.42. The van der Waals surface area contributed by atoms with Crippen LogP contribution in [0.25, 0.3) is 0 Å². The fraction of sp³-hybridized carbons (Fsp3) is 0.387. The van der Waals surface area contributed by atoms with Crippen LogP contribution in [-0.4, -0.2) is 59.9 Å². The van der Waals surface area contributed by atoms with Gasteiger partial charge in [0.2, 0.25) is 5.91 Å². The van der Waals surface area contributed by atoms with Crippen LogP contribution in [-0.2, 0) is 11.3 Å². The average molecular weight is 586 g/mol. The molecule has 2 amide bonds. The Morgan fingerprint density at radius 3 is 2.33 bits per heavy atom. The summed E-state index contributed by atoms with van der Waals surface area (Å²) in [5.41, 5.74) is 2.57. The Kier molecular flexibility index (Phi) is 11.4. The van der Waals surface area contributed by atoms with Crippen LogP contribution >= 0.6 is 24.8 Å². The summed E-state index contributed by atoms with van der Waals surface area (Å²) in [5, 5.41) is 3.21. The number of pyridine rings is 1. The van der Waals surface area contributed by atoms with E-state index < -0.39 is 0 Å². The number of ether oxygens (including phenoxy) is 1. The van der Waals surface area contributed by atoms with E-state index in [0.29, 0.717) is 18.0 Å². The molecule has 1 atom stereocenters. The van der Waals surface area contributed by atoms with Crippen molar-refractivity contribution in [3.05, 3.63) is 95.8 Å². The van der Waals surface area contributed by atoms with E-state index in [1.165, 1.54) is 0 Å². The molecule has 3 aromatic rings. The number of nitrogens with zero attached hydrogens (tertiary/aromatic N) is 3. The van der Waals surface area contributed by atoms with Gasteiger partial charge >= 0.3 is 0 Å². The lowest BCUT2D eigenvalue weighted by Gasteiger charge is -2.38. The number of halogens is 2. The third kappa shape index (κ3) is 7.33. The zero-order valence-electron chi connectivity index (χ0n) is 22.8. The van der Waals surface area contributed by atoms with E-state index >= 15 is 0 Å². The van der Waals surface area contributed by atoms with Crippen LogP contribution in [0.1, 0.15) is 53.2 Å². The molecule has 3 heterocycles. The van der Waals surface area contributed by atoms with E-state index in [1.54, 1.807) is 31.6 Å². The van der Waals surface area contributed by atoms with Gasteiger partial charge in [0.05, 0.1) is 24.1 Å². The van der Waals surface area contributed by atoms with Gasteiger partial charge in [-0.1, -0.05) is 42.5 Å². The molecule has 0 bridgehead atoms. The summed E-state index contributed by atoms with van der Waals surface area (Å²) >= 11 is 0. The third-order valence-corrected chi connectivity index (χ3v) is 8.11. The highest BCUT2D eigenvalue weighted by molar-refractivity contribution is 5.94. The van der Waals surface area contributed by atoms with Gasteiger partial charge < -0.3 is 19.9 Å². The van der Waals surface area contributed by atoms with Gasteiger partial charge in [0.1, 0.15) is 5.75 Å². The Morgan fingerprint density at radius 1 is 0.975 bits per heavy atom. The Hall–Kier alpha value is -3.13. The Labute approximate surface area is 249 Å². The molecule has 2 aliphatic rings. The zero-order chi connectivity index (χ0) is 26.4. The van der Waals surface area contributed by atoms with Gasteiger partial charge in [0.25, 0.3) is 5.91 Å². The Bertz CT molecular complexity index is 1220. The molecule has 1 aromatic heterocycles. The van der Waals surface area contributed by atoms with Crippen LogP contribution in [0, 0.1) is 5.41 Å². The maximum absolute atomic E-state index is 13.5. The van der Waals surface area contributed by atoms with Crippen molar-refractivity contribution in [3.63, 3.8) is 0 Å². The topological polar surface area (TPSA) is 74.8 Å². The molecule has 2 aliphatic heterocycles. The van der Waals surface area contributed by atoms with Crippen molar-refractivity contribution in [1.82, 2.24) is 20.1 Å². The molecule has 2 saturated heterocycles. The van der Waals surface area contributed by atoms with Gasteiger partial charge in [-0.15, -0.1) is 24.8 Å². The minimum Gasteiger partial charge on any atom is -0.497 e. The third-order valence-electron chi connectivity index (χ3n) is 8.11. The van der Waals surface area contributed by atoms with Crippen LogP contribution in [0.2, 0.25) is 0 Å². The molecule has 2 aromatic carbocycles. The average Bonchev–Trinajstić information content (AvgIpc) is 3.27. The molecule has 7 nitrogen and oxygen atoms in total. The first-order valence-electron chi connectivity index (χ1n) is 13.5. The first-order valence-corrected chi connectivity index (χ1v) is 13.5. The lowest BCUT2D eigenvalue weighted by atomic mass is 9.77. The van der Waals surface area contributed by atoms with Crippen LogP contribution in [0.3, 0.4) is 0 Å². The number of methoxy groups -OCH3 is 1. The van der Waals surface area contributed by atoms with E-state index in [-0.39, 0.29) is 42.2 Å². The molecule has 0 saturated carbocycles. The molecule has 1 N–H and O–H groups in total. The van der Waals surface area contributed by atoms with E-state index in [9.17, 15) is 9.59 Å².